The van der Waals surface area contributed by atoms with Crippen molar-refractivity contribution in [3.63, 3.8) is 0 Å². The minimum absolute atomic E-state index is 0.191. The molecule has 1 N–H and O–H groups in total. The number of carbonyl (C=O) groups excluding carboxylic acids is 2. The SMILES string of the molecule is O=C(Nc1ccc(OC(=O)c2ccc(Br)s2)cc1)c1ccccc1. The molecule has 24 heavy (non-hydrogen) atoms. The first-order chi connectivity index (χ1) is 11.6. The average Bonchev–Trinajstić information content (AvgIpc) is 3.04. The second-order valence-corrected chi connectivity index (χ2v) is 7.30. The van der Waals surface area contributed by atoms with Crippen molar-refractivity contribution in [3.05, 3.63) is 81.0 Å². The maximum absolute atomic E-state index is 12.1. The van der Waals surface area contributed by atoms with Gasteiger partial charge in [0.2, 0.25) is 0 Å². The van der Waals surface area contributed by atoms with Crippen molar-refractivity contribution in [3.8, 4) is 5.75 Å². The highest BCUT2D eigenvalue weighted by molar-refractivity contribution is 9.11. The molecule has 4 nitrogen and oxygen atoms in total. The van der Waals surface area contributed by atoms with Crippen molar-refractivity contribution in [1.29, 1.82) is 0 Å². The molecule has 0 unspecified atom stereocenters. The van der Waals surface area contributed by atoms with Gasteiger partial charge in [0.15, 0.2) is 0 Å². The Hall–Kier alpha value is -2.44. The number of hydrogen-bond acceptors (Lipinski definition) is 4. The van der Waals surface area contributed by atoms with Crippen molar-refractivity contribution in [2.24, 2.45) is 0 Å². The van der Waals surface area contributed by atoms with Gasteiger partial charge in [0.1, 0.15) is 10.6 Å². The smallest absolute Gasteiger partial charge is 0.353 e. The third kappa shape index (κ3) is 4.10. The first-order valence-corrected chi connectivity index (χ1v) is 8.67. The second-order valence-electron chi connectivity index (χ2n) is 4.84. The van der Waals surface area contributed by atoms with E-state index in [4.69, 9.17) is 4.74 Å². The molecule has 1 heterocycles. The number of halogens is 1. The minimum atomic E-state index is -0.410. The van der Waals surface area contributed by atoms with Gasteiger partial charge in [0.05, 0.1) is 3.79 Å². The van der Waals surface area contributed by atoms with Gasteiger partial charge in [-0.3, -0.25) is 4.79 Å². The summed E-state index contributed by atoms with van der Waals surface area (Å²) in [6.07, 6.45) is 0. The normalized spacial score (nSPS) is 10.2. The van der Waals surface area contributed by atoms with E-state index in [1.54, 1.807) is 60.7 Å². The summed E-state index contributed by atoms with van der Waals surface area (Å²) in [7, 11) is 0. The van der Waals surface area contributed by atoms with Gasteiger partial charge in [-0.25, -0.2) is 4.79 Å². The maximum atomic E-state index is 12.1. The molecule has 1 amide bonds. The Morgan fingerprint density at radius 2 is 1.62 bits per heavy atom. The number of amides is 1. The van der Waals surface area contributed by atoms with E-state index < -0.39 is 5.97 Å². The molecule has 1 aromatic heterocycles. The van der Waals surface area contributed by atoms with Crippen LogP contribution in [0.3, 0.4) is 0 Å². The largest absolute Gasteiger partial charge is 0.422 e. The monoisotopic (exact) mass is 401 g/mol. The summed E-state index contributed by atoms with van der Waals surface area (Å²) >= 11 is 4.62. The van der Waals surface area contributed by atoms with Crippen molar-refractivity contribution in [2.45, 2.75) is 0 Å². The van der Waals surface area contributed by atoms with Crippen molar-refractivity contribution in [2.75, 3.05) is 5.32 Å². The topological polar surface area (TPSA) is 55.4 Å². The number of benzene rings is 2. The lowest BCUT2D eigenvalue weighted by Gasteiger charge is -2.07. The van der Waals surface area contributed by atoms with Crippen molar-refractivity contribution < 1.29 is 14.3 Å². The third-order valence-electron chi connectivity index (χ3n) is 3.13. The lowest BCUT2D eigenvalue weighted by molar-refractivity contribution is 0.0739. The Morgan fingerprint density at radius 3 is 2.25 bits per heavy atom. The third-order valence-corrected chi connectivity index (χ3v) is 4.74. The first-order valence-electron chi connectivity index (χ1n) is 7.06. The van der Waals surface area contributed by atoms with Gasteiger partial charge in [0.25, 0.3) is 5.91 Å². The summed E-state index contributed by atoms with van der Waals surface area (Å²) in [6, 6.07) is 19.1. The Morgan fingerprint density at radius 1 is 0.917 bits per heavy atom. The molecule has 0 aliphatic carbocycles. The Bertz CT molecular complexity index is 859. The van der Waals surface area contributed by atoms with Gasteiger partial charge >= 0.3 is 5.97 Å². The molecule has 0 radical (unpaired) electrons. The lowest BCUT2D eigenvalue weighted by Crippen LogP contribution is -2.11. The fraction of sp³-hybridized carbons (Fsp3) is 0. The highest BCUT2D eigenvalue weighted by atomic mass is 79.9. The van der Waals surface area contributed by atoms with Crippen LogP contribution in [0, 0.1) is 0 Å². The van der Waals surface area contributed by atoms with Crippen LogP contribution in [0.2, 0.25) is 0 Å². The number of hydrogen-bond donors (Lipinski definition) is 1. The number of thiophene rings is 1. The highest BCUT2D eigenvalue weighted by Crippen LogP contribution is 2.24. The molecule has 0 spiro atoms. The number of carbonyl (C=O) groups is 2. The highest BCUT2D eigenvalue weighted by Gasteiger charge is 2.11. The van der Waals surface area contributed by atoms with E-state index in [1.165, 1.54) is 11.3 Å². The molecule has 0 saturated heterocycles. The Balaban J connectivity index is 1.63. The van der Waals surface area contributed by atoms with E-state index >= 15 is 0 Å². The number of rotatable bonds is 4. The van der Waals surface area contributed by atoms with Crippen LogP contribution < -0.4 is 10.1 Å². The standard InChI is InChI=1S/C18H12BrNO3S/c19-16-11-10-15(24-16)18(22)23-14-8-6-13(7-9-14)20-17(21)12-4-2-1-3-5-12/h1-11H,(H,20,21). The predicted octanol–water partition coefficient (Wildman–Crippen LogP) is 4.98. The molecular formula is C18H12BrNO3S. The van der Waals surface area contributed by atoms with Gasteiger partial charge in [0, 0.05) is 11.3 Å². The van der Waals surface area contributed by atoms with E-state index in [1.807, 2.05) is 6.07 Å². The Labute approximate surface area is 151 Å². The molecule has 0 aliphatic heterocycles. The minimum Gasteiger partial charge on any atom is -0.422 e. The van der Waals surface area contributed by atoms with E-state index in [0.717, 1.165) is 3.79 Å². The van der Waals surface area contributed by atoms with Crippen LogP contribution in [-0.4, -0.2) is 11.9 Å². The summed E-state index contributed by atoms with van der Waals surface area (Å²) in [6.45, 7) is 0. The van der Waals surface area contributed by atoms with Crippen LogP contribution in [-0.2, 0) is 0 Å². The summed E-state index contributed by atoms with van der Waals surface area (Å²) < 4.78 is 6.17. The van der Waals surface area contributed by atoms with Crippen LogP contribution in [0.25, 0.3) is 0 Å². The van der Waals surface area contributed by atoms with Crippen LogP contribution in [0.4, 0.5) is 5.69 Å². The zero-order valence-electron chi connectivity index (χ0n) is 12.4. The van der Waals surface area contributed by atoms with Crippen LogP contribution in [0.1, 0.15) is 20.0 Å². The molecule has 0 saturated carbocycles. The Kier molecular flexibility index (Phi) is 5.08. The zero-order valence-corrected chi connectivity index (χ0v) is 14.8. The van der Waals surface area contributed by atoms with Crippen molar-refractivity contribution >= 4 is 44.8 Å². The van der Waals surface area contributed by atoms with Crippen LogP contribution >= 0.6 is 27.3 Å². The van der Waals surface area contributed by atoms with Gasteiger partial charge in [-0.05, 0) is 64.5 Å². The summed E-state index contributed by atoms with van der Waals surface area (Å²) in [5, 5.41) is 2.79. The van der Waals surface area contributed by atoms with E-state index in [0.29, 0.717) is 21.9 Å². The molecular weight excluding hydrogens is 390 g/mol. The molecule has 0 aliphatic rings. The first kappa shape index (κ1) is 16.4. The van der Waals surface area contributed by atoms with Gasteiger partial charge in [-0.1, -0.05) is 18.2 Å². The molecule has 3 aromatic rings. The molecule has 0 bridgehead atoms. The summed E-state index contributed by atoms with van der Waals surface area (Å²) in [4.78, 5) is 24.6. The van der Waals surface area contributed by atoms with Gasteiger partial charge in [-0.15, -0.1) is 11.3 Å². The van der Waals surface area contributed by atoms with Gasteiger partial charge < -0.3 is 10.1 Å². The predicted molar refractivity (Wildman–Crippen MR) is 97.8 cm³/mol. The molecule has 2 aromatic carbocycles. The molecule has 6 heteroatoms. The number of anilines is 1. The summed E-state index contributed by atoms with van der Waals surface area (Å²) in [5.41, 5.74) is 1.21. The maximum Gasteiger partial charge on any atom is 0.353 e. The van der Waals surface area contributed by atoms with E-state index in [9.17, 15) is 9.59 Å². The molecule has 3 rings (SSSR count). The lowest BCUT2D eigenvalue weighted by atomic mass is 10.2. The molecule has 0 fully saturated rings. The fourth-order valence-corrected chi connectivity index (χ4v) is 3.24. The van der Waals surface area contributed by atoms with Crippen molar-refractivity contribution in [1.82, 2.24) is 0 Å². The van der Waals surface area contributed by atoms with Crippen LogP contribution in [0.5, 0.6) is 5.75 Å². The van der Waals surface area contributed by atoms with Crippen LogP contribution in [0.15, 0.2) is 70.5 Å². The number of esters is 1. The summed E-state index contributed by atoms with van der Waals surface area (Å²) in [5.74, 6) is -0.183. The number of nitrogens with one attached hydrogen (secondary N) is 1. The van der Waals surface area contributed by atoms with Gasteiger partial charge in [-0.2, -0.15) is 0 Å². The second kappa shape index (κ2) is 7.42. The quantitative estimate of drug-likeness (QED) is 0.495. The zero-order chi connectivity index (χ0) is 16.9. The molecule has 120 valence electrons. The van der Waals surface area contributed by atoms with E-state index in [-0.39, 0.29) is 5.91 Å². The van der Waals surface area contributed by atoms with E-state index in [2.05, 4.69) is 21.2 Å². The fourth-order valence-electron chi connectivity index (χ4n) is 1.98. The molecule has 0 atom stereocenters. The number of ether oxygens (including phenoxy) is 1. The average molecular weight is 402 g/mol.